The molecule has 2 aromatic rings. The van der Waals surface area contributed by atoms with Crippen LogP contribution in [0.5, 0.6) is 5.75 Å². The molecule has 4 rings (SSSR count). The van der Waals surface area contributed by atoms with E-state index in [4.69, 9.17) is 4.74 Å². The van der Waals surface area contributed by atoms with Gasteiger partial charge >= 0.3 is 0 Å². The van der Waals surface area contributed by atoms with Gasteiger partial charge in [0.05, 0.1) is 13.2 Å². The molecule has 0 spiro atoms. The van der Waals surface area contributed by atoms with Crippen molar-refractivity contribution in [2.24, 2.45) is 0 Å². The summed E-state index contributed by atoms with van der Waals surface area (Å²) in [6, 6.07) is 17.6. The zero-order valence-electron chi connectivity index (χ0n) is 15.8. The van der Waals surface area contributed by atoms with Crippen LogP contribution in [0.1, 0.15) is 29.5 Å². The fourth-order valence-electron chi connectivity index (χ4n) is 4.42. The van der Waals surface area contributed by atoms with Gasteiger partial charge in [0.15, 0.2) is 0 Å². The van der Waals surface area contributed by atoms with Crippen molar-refractivity contribution >= 4 is 0 Å². The number of hydrogen-bond acceptors (Lipinski definition) is 1. The summed E-state index contributed by atoms with van der Waals surface area (Å²) in [5, 5.41) is 0. The van der Waals surface area contributed by atoms with Crippen LogP contribution in [0.25, 0.3) is 0 Å². The monoisotopic (exact) mass is 352 g/mol. The standard InChI is InChI=1S/C23H30N2O/c1-2-6-20(7-3-1)19-25-15-13-24(14-16-25)12-5-17-26-23-11-10-21-8-4-9-22(21)18-23/h1-3,6-7,10-11,18H,4-5,8-9,12-17,19H2/p+2. The molecule has 0 saturated carbocycles. The minimum absolute atomic E-state index is 0.850. The predicted octanol–water partition coefficient (Wildman–Crippen LogP) is 0.928. The Kier molecular flexibility index (Phi) is 5.88. The Morgan fingerprint density at radius 3 is 2.42 bits per heavy atom. The molecule has 0 aromatic heterocycles. The topological polar surface area (TPSA) is 18.1 Å². The Balaban J connectivity index is 1.13. The number of rotatable bonds is 7. The summed E-state index contributed by atoms with van der Waals surface area (Å²) in [5.74, 6) is 1.07. The van der Waals surface area contributed by atoms with E-state index in [1.807, 2.05) is 0 Å². The van der Waals surface area contributed by atoms with E-state index in [1.54, 1.807) is 9.80 Å². The van der Waals surface area contributed by atoms with E-state index >= 15 is 0 Å². The molecule has 0 atom stereocenters. The molecule has 2 N–H and O–H groups in total. The van der Waals surface area contributed by atoms with Gasteiger partial charge in [0.2, 0.25) is 0 Å². The number of ether oxygens (including phenoxy) is 1. The third-order valence-corrected chi connectivity index (χ3v) is 5.97. The van der Waals surface area contributed by atoms with Crippen molar-refractivity contribution in [1.82, 2.24) is 0 Å². The molecule has 138 valence electrons. The van der Waals surface area contributed by atoms with E-state index in [0.29, 0.717) is 0 Å². The molecule has 1 heterocycles. The predicted molar refractivity (Wildman–Crippen MR) is 105 cm³/mol. The summed E-state index contributed by atoms with van der Waals surface area (Å²) in [6.07, 6.45) is 4.93. The summed E-state index contributed by atoms with van der Waals surface area (Å²) in [7, 11) is 0. The lowest BCUT2D eigenvalue weighted by Crippen LogP contribution is -3.27. The highest BCUT2D eigenvalue weighted by Gasteiger charge is 2.22. The van der Waals surface area contributed by atoms with Gasteiger partial charge in [0.1, 0.15) is 38.5 Å². The Morgan fingerprint density at radius 1 is 0.808 bits per heavy atom. The SMILES string of the molecule is c1ccc(C[NH+]2CC[NH+](CCCOc3ccc4c(c3)CCC4)CC2)cc1. The quantitative estimate of drug-likeness (QED) is 0.710. The van der Waals surface area contributed by atoms with Gasteiger partial charge in [-0.05, 0) is 42.5 Å². The van der Waals surface area contributed by atoms with Crippen molar-refractivity contribution in [2.45, 2.75) is 32.2 Å². The summed E-state index contributed by atoms with van der Waals surface area (Å²) < 4.78 is 6.00. The second-order valence-corrected chi connectivity index (χ2v) is 7.90. The highest BCUT2D eigenvalue weighted by Crippen LogP contribution is 2.25. The van der Waals surface area contributed by atoms with Gasteiger partial charge in [0.25, 0.3) is 0 Å². The second kappa shape index (κ2) is 8.70. The maximum absolute atomic E-state index is 6.00. The van der Waals surface area contributed by atoms with E-state index < -0.39 is 0 Å². The lowest BCUT2D eigenvalue weighted by molar-refractivity contribution is -1.02. The minimum atomic E-state index is 0.850. The van der Waals surface area contributed by atoms with Crippen LogP contribution in [0, 0.1) is 0 Å². The first-order valence-electron chi connectivity index (χ1n) is 10.3. The zero-order valence-corrected chi connectivity index (χ0v) is 15.8. The molecular formula is C23H32N2O+2. The number of piperazine rings is 1. The van der Waals surface area contributed by atoms with Gasteiger partial charge in [-0.1, -0.05) is 36.4 Å². The molecule has 3 heteroatoms. The molecule has 3 nitrogen and oxygen atoms in total. The molecule has 0 bridgehead atoms. The van der Waals surface area contributed by atoms with E-state index in [2.05, 4.69) is 48.5 Å². The lowest BCUT2D eigenvalue weighted by Gasteiger charge is -2.29. The summed E-state index contributed by atoms with van der Waals surface area (Å²) >= 11 is 0. The maximum atomic E-state index is 6.00. The average molecular weight is 353 g/mol. The van der Waals surface area contributed by atoms with Gasteiger partial charge in [-0.15, -0.1) is 0 Å². The van der Waals surface area contributed by atoms with Gasteiger partial charge < -0.3 is 14.5 Å². The van der Waals surface area contributed by atoms with Crippen molar-refractivity contribution in [3.8, 4) is 5.75 Å². The van der Waals surface area contributed by atoms with Crippen molar-refractivity contribution < 1.29 is 14.5 Å². The van der Waals surface area contributed by atoms with E-state index in [9.17, 15) is 0 Å². The van der Waals surface area contributed by atoms with Gasteiger partial charge in [-0.3, -0.25) is 0 Å². The largest absolute Gasteiger partial charge is 0.493 e. The minimum Gasteiger partial charge on any atom is -0.493 e. The van der Waals surface area contributed by atoms with E-state index in [1.165, 1.54) is 75.2 Å². The van der Waals surface area contributed by atoms with Crippen LogP contribution in [0.15, 0.2) is 48.5 Å². The van der Waals surface area contributed by atoms with Gasteiger partial charge in [0, 0.05) is 12.0 Å². The molecule has 1 saturated heterocycles. The number of hydrogen-bond donors (Lipinski definition) is 2. The summed E-state index contributed by atoms with van der Waals surface area (Å²) in [5.41, 5.74) is 4.50. The van der Waals surface area contributed by atoms with Crippen molar-refractivity contribution in [2.75, 3.05) is 39.3 Å². The van der Waals surface area contributed by atoms with Crippen LogP contribution < -0.4 is 14.5 Å². The molecule has 0 radical (unpaired) electrons. The first kappa shape index (κ1) is 17.6. The van der Waals surface area contributed by atoms with Crippen LogP contribution in [-0.2, 0) is 19.4 Å². The molecule has 2 aliphatic rings. The molecule has 1 fully saturated rings. The molecule has 2 aromatic carbocycles. The number of fused-ring (bicyclic) bond motifs is 1. The highest BCUT2D eigenvalue weighted by molar-refractivity contribution is 5.38. The first-order chi connectivity index (χ1) is 12.9. The zero-order chi connectivity index (χ0) is 17.6. The van der Waals surface area contributed by atoms with Gasteiger partial charge in [-0.2, -0.15) is 0 Å². The van der Waals surface area contributed by atoms with E-state index in [-0.39, 0.29) is 0 Å². The van der Waals surface area contributed by atoms with Crippen LogP contribution >= 0.6 is 0 Å². The number of aryl methyl sites for hydroxylation is 2. The third-order valence-electron chi connectivity index (χ3n) is 5.97. The number of quaternary nitrogens is 2. The Labute approximate surface area is 157 Å². The van der Waals surface area contributed by atoms with Crippen LogP contribution in [0.4, 0.5) is 0 Å². The van der Waals surface area contributed by atoms with Crippen LogP contribution in [0.2, 0.25) is 0 Å². The third kappa shape index (κ3) is 4.66. The van der Waals surface area contributed by atoms with Crippen LogP contribution in [-0.4, -0.2) is 39.3 Å². The van der Waals surface area contributed by atoms with Gasteiger partial charge in [-0.25, -0.2) is 0 Å². The number of benzene rings is 2. The molecule has 1 aliphatic carbocycles. The highest BCUT2D eigenvalue weighted by atomic mass is 16.5. The fraction of sp³-hybridized carbons (Fsp3) is 0.478. The molecular weight excluding hydrogens is 320 g/mol. The van der Waals surface area contributed by atoms with Crippen molar-refractivity contribution in [1.29, 1.82) is 0 Å². The summed E-state index contributed by atoms with van der Waals surface area (Å²) in [6.45, 7) is 8.43. The molecule has 1 aliphatic heterocycles. The smallest absolute Gasteiger partial charge is 0.127 e. The maximum Gasteiger partial charge on any atom is 0.127 e. The Bertz CT molecular complexity index is 693. The summed E-state index contributed by atoms with van der Waals surface area (Å²) in [4.78, 5) is 3.48. The number of nitrogens with one attached hydrogen (secondary N) is 2. The second-order valence-electron chi connectivity index (χ2n) is 7.90. The van der Waals surface area contributed by atoms with E-state index in [0.717, 1.165) is 18.8 Å². The Hall–Kier alpha value is -1.84. The molecule has 0 amide bonds. The molecule has 0 unspecified atom stereocenters. The molecule has 26 heavy (non-hydrogen) atoms. The average Bonchev–Trinajstić information content (AvgIpc) is 3.15. The van der Waals surface area contributed by atoms with Crippen molar-refractivity contribution in [3.63, 3.8) is 0 Å². The first-order valence-corrected chi connectivity index (χ1v) is 10.3. The Morgan fingerprint density at radius 2 is 1.58 bits per heavy atom. The fourth-order valence-corrected chi connectivity index (χ4v) is 4.42. The van der Waals surface area contributed by atoms with Crippen molar-refractivity contribution in [3.05, 3.63) is 65.2 Å². The van der Waals surface area contributed by atoms with Crippen LogP contribution in [0.3, 0.4) is 0 Å². The normalized spacial score (nSPS) is 22.2. The lowest BCUT2D eigenvalue weighted by atomic mass is 10.1.